The molecule has 0 aliphatic carbocycles. The summed E-state index contributed by atoms with van der Waals surface area (Å²) < 4.78 is 13.2. The Morgan fingerprint density at radius 1 is 1.17 bits per heavy atom. The van der Waals surface area contributed by atoms with Gasteiger partial charge in [0.2, 0.25) is 5.95 Å². The second-order valence-corrected chi connectivity index (χ2v) is 5.12. The fraction of sp³-hybridized carbons (Fsp3) is 0.267. The van der Waals surface area contributed by atoms with Crippen LogP contribution in [0.1, 0.15) is 0 Å². The third-order valence-corrected chi connectivity index (χ3v) is 3.57. The quantitative estimate of drug-likeness (QED) is 0.824. The summed E-state index contributed by atoms with van der Waals surface area (Å²) in [6, 6.07) is 7.40. The molecule has 0 spiro atoms. The van der Waals surface area contributed by atoms with Crippen LogP contribution in [0.25, 0.3) is 0 Å². The molecule has 1 fully saturated rings. The Hall–Kier alpha value is -2.90. The van der Waals surface area contributed by atoms with Gasteiger partial charge in [0.15, 0.2) is 0 Å². The van der Waals surface area contributed by atoms with Gasteiger partial charge < -0.3 is 14.9 Å². The van der Waals surface area contributed by atoms with Crippen LogP contribution < -0.4 is 10.2 Å². The molecule has 0 saturated carbocycles. The number of carbonyl (C=O) groups excluding carboxylic acids is 1. The minimum absolute atomic E-state index is 0.0409. The minimum Gasteiger partial charge on any atom is -0.506 e. The topological polar surface area (TPSA) is 81.6 Å². The molecule has 0 radical (unpaired) electrons. The molecule has 0 unspecified atom stereocenters. The van der Waals surface area contributed by atoms with Crippen LogP contribution in [-0.2, 0) is 0 Å². The zero-order valence-corrected chi connectivity index (χ0v) is 12.3. The van der Waals surface area contributed by atoms with Crippen molar-refractivity contribution >= 4 is 17.7 Å². The second kappa shape index (κ2) is 6.47. The lowest BCUT2D eigenvalue weighted by molar-refractivity contribution is 0.208. The highest BCUT2D eigenvalue weighted by molar-refractivity contribution is 5.88. The summed E-state index contributed by atoms with van der Waals surface area (Å²) in [6.07, 6.45) is 1.27. The van der Waals surface area contributed by atoms with Gasteiger partial charge in [0.05, 0.1) is 6.20 Å². The Morgan fingerprint density at radius 2 is 1.96 bits per heavy atom. The molecule has 2 aromatic rings. The maximum absolute atomic E-state index is 13.2. The molecule has 7 nitrogen and oxygen atoms in total. The van der Waals surface area contributed by atoms with E-state index in [0.717, 1.165) is 0 Å². The number of carbonyl (C=O) groups is 1. The summed E-state index contributed by atoms with van der Waals surface area (Å²) >= 11 is 0. The van der Waals surface area contributed by atoms with Crippen LogP contribution in [0.2, 0.25) is 0 Å². The lowest BCUT2D eigenvalue weighted by atomic mass is 10.3. The van der Waals surface area contributed by atoms with E-state index >= 15 is 0 Å². The molecule has 3 heterocycles. The van der Waals surface area contributed by atoms with Gasteiger partial charge in [-0.25, -0.2) is 14.8 Å². The second-order valence-electron chi connectivity index (χ2n) is 5.12. The number of halogens is 1. The fourth-order valence-electron chi connectivity index (χ4n) is 2.36. The number of rotatable bonds is 2. The van der Waals surface area contributed by atoms with E-state index in [-0.39, 0.29) is 11.8 Å². The number of pyridine rings is 2. The van der Waals surface area contributed by atoms with Crippen LogP contribution in [-0.4, -0.2) is 52.2 Å². The number of piperazine rings is 1. The summed E-state index contributed by atoms with van der Waals surface area (Å²) in [5.74, 6) is 0.479. The van der Waals surface area contributed by atoms with Crippen molar-refractivity contribution in [3.63, 3.8) is 0 Å². The maximum Gasteiger partial charge on any atom is 0.323 e. The Kier molecular flexibility index (Phi) is 4.22. The zero-order valence-electron chi connectivity index (χ0n) is 12.3. The van der Waals surface area contributed by atoms with Crippen LogP contribution in [0, 0.1) is 5.95 Å². The van der Waals surface area contributed by atoms with Crippen LogP contribution in [0.15, 0.2) is 36.5 Å². The average molecular weight is 317 g/mol. The van der Waals surface area contributed by atoms with E-state index in [9.17, 15) is 14.3 Å². The molecule has 1 aliphatic rings. The van der Waals surface area contributed by atoms with Crippen molar-refractivity contribution in [2.75, 3.05) is 36.4 Å². The van der Waals surface area contributed by atoms with Gasteiger partial charge in [-0.1, -0.05) is 6.07 Å². The number of aromatic hydroxyl groups is 1. The van der Waals surface area contributed by atoms with Gasteiger partial charge in [-0.15, -0.1) is 0 Å². The number of amides is 2. The first-order valence-corrected chi connectivity index (χ1v) is 7.20. The summed E-state index contributed by atoms with van der Waals surface area (Å²) in [5, 5.41) is 11.8. The van der Waals surface area contributed by atoms with Crippen molar-refractivity contribution in [2.24, 2.45) is 0 Å². The molecule has 8 heteroatoms. The van der Waals surface area contributed by atoms with Crippen LogP contribution in [0.3, 0.4) is 0 Å². The van der Waals surface area contributed by atoms with Gasteiger partial charge in [0, 0.05) is 26.2 Å². The van der Waals surface area contributed by atoms with Gasteiger partial charge in [-0.3, -0.25) is 5.32 Å². The van der Waals surface area contributed by atoms with E-state index in [4.69, 9.17) is 0 Å². The number of nitrogens with zero attached hydrogens (tertiary/aromatic N) is 4. The Morgan fingerprint density at radius 3 is 2.61 bits per heavy atom. The van der Waals surface area contributed by atoms with Crippen molar-refractivity contribution in [1.82, 2.24) is 14.9 Å². The molecule has 2 amide bonds. The largest absolute Gasteiger partial charge is 0.506 e. The average Bonchev–Trinajstić information content (AvgIpc) is 2.57. The van der Waals surface area contributed by atoms with E-state index in [1.165, 1.54) is 24.4 Å². The predicted molar refractivity (Wildman–Crippen MR) is 82.9 cm³/mol. The highest BCUT2D eigenvalue weighted by Gasteiger charge is 2.22. The predicted octanol–water partition coefficient (Wildman–Crippen LogP) is 1.68. The van der Waals surface area contributed by atoms with E-state index in [0.29, 0.717) is 37.8 Å². The van der Waals surface area contributed by atoms with Crippen molar-refractivity contribution in [3.8, 4) is 5.75 Å². The maximum atomic E-state index is 13.2. The summed E-state index contributed by atoms with van der Waals surface area (Å²) in [7, 11) is 0. The number of hydrogen-bond donors (Lipinski definition) is 2. The molecule has 2 N–H and O–H groups in total. The van der Waals surface area contributed by atoms with Crippen LogP contribution in [0.5, 0.6) is 5.75 Å². The summed E-state index contributed by atoms with van der Waals surface area (Å²) in [5.41, 5.74) is 0. The summed E-state index contributed by atoms with van der Waals surface area (Å²) in [6.45, 7) is 2.16. The molecule has 0 bridgehead atoms. The first-order valence-electron chi connectivity index (χ1n) is 7.20. The normalized spacial score (nSPS) is 14.7. The molecule has 1 aliphatic heterocycles. The number of hydrogen-bond acceptors (Lipinski definition) is 5. The molecule has 23 heavy (non-hydrogen) atoms. The lowest BCUT2D eigenvalue weighted by Gasteiger charge is -2.35. The van der Waals surface area contributed by atoms with E-state index in [1.807, 2.05) is 4.90 Å². The van der Waals surface area contributed by atoms with Crippen molar-refractivity contribution < 1.29 is 14.3 Å². The number of nitrogens with one attached hydrogen (secondary N) is 1. The molecular weight excluding hydrogens is 301 g/mol. The number of urea groups is 1. The smallest absolute Gasteiger partial charge is 0.323 e. The first kappa shape index (κ1) is 15.0. The molecule has 120 valence electrons. The molecule has 0 atom stereocenters. The Labute approximate surface area is 132 Å². The molecule has 0 aromatic carbocycles. The number of anilines is 2. The number of aromatic nitrogens is 2. The van der Waals surface area contributed by atoms with Gasteiger partial charge >= 0.3 is 6.03 Å². The van der Waals surface area contributed by atoms with Gasteiger partial charge in [-0.05, 0) is 24.3 Å². The highest BCUT2D eigenvalue weighted by atomic mass is 19.1. The van der Waals surface area contributed by atoms with Gasteiger partial charge in [-0.2, -0.15) is 4.39 Å². The highest BCUT2D eigenvalue weighted by Crippen LogP contribution is 2.15. The first-order chi connectivity index (χ1) is 11.1. The molecule has 2 aromatic heterocycles. The third kappa shape index (κ3) is 3.65. The third-order valence-electron chi connectivity index (χ3n) is 3.57. The van der Waals surface area contributed by atoms with Crippen LogP contribution >= 0.6 is 0 Å². The SMILES string of the molecule is O=C(Nc1ccc(O)cn1)N1CCN(c2cccc(F)n2)CC1. The molecule has 1 saturated heterocycles. The Bertz CT molecular complexity index is 687. The van der Waals surface area contributed by atoms with Crippen molar-refractivity contribution in [3.05, 3.63) is 42.5 Å². The van der Waals surface area contributed by atoms with Gasteiger partial charge in [0.25, 0.3) is 0 Å². The zero-order chi connectivity index (χ0) is 16.2. The van der Waals surface area contributed by atoms with Crippen molar-refractivity contribution in [2.45, 2.75) is 0 Å². The van der Waals surface area contributed by atoms with E-state index in [1.54, 1.807) is 17.0 Å². The fourth-order valence-corrected chi connectivity index (χ4v) is 2.36. The lowest BCUT2D eigenvalue weighted by Crippen LogP contribution is -2.50. The monoisotopic (exact) mass is 317 g/mol. The molecular formula is C15H16FN5O2. The standard InChI is InChI=1S/C15H16FN5O2/c16-12-2-1-3-14(18-12)20-6-8-21(9-7-20)15(23)19-13-5-4-11(22)10-17-13/h1-5,10,22H,6-9H2,(H,17,19,23). The van der Waals surface area contributed by atoms with Crippen molar-refractivity contribution in [1.29, 1.82) is 0 Å². The van der Waals surface area contributed by atoms with E-state index in [2.05, 4.69) is 15.3 Å². The van der Waals surface area contributed by atoms with Crippen LogP contribution in [0.4, 0.5) is 20.8 Å². The Balaban J connectivity index is 1.56. The van der Waals surface area contributed by atoms with E-state index < -0.39 is 5.95 Å². The minimum atomic E-state index is -0.513. The van der Waals surface area contributed by atoms with Gasteiger partial charge in [0.1, 0.15) is 17.4 Å². The molecule has 3 rings (SSSR count). The summed E-state index contributed by atoms with van der Waals surface area (Å²) in [4.78, 5) is 23.5.